The van der Waals surface area contributed by atoms with E-state index in [-0.39, 0.29) is 0 Å². The van der Waals surface area contributed by atoms with Gasteiger partial charge in [0.15, 0.2) is 0 Å². The molecule has 0 saturated carbocycles. The molecule has 25 heavy (non-hydrogen) atoms. The van der Waals surface area contributed by atoms with Gasteiger partial charge in [-0.2, -0.15) is 5.10 Å². The molecule has 0 bridgehead atoms. The number of aryl methyl sites for hydroxylation is 1. The third-order valence-electron chi connectivity index (χ3n) is 5.65. The number of piperidine rings is 1. The van der Waals surface area contributed by atoms with Crippen LogP contribution in [-0.4, -0.2) is 34.8 Å². The fourth-order valence-corrected chi connectivity index (χ4v) is 4.29. The normalized spacial score (nSPS) is 21.5. The van der Waals surface area contributed by atoms with E-state index in [1.165, 1.54) is 49.2 Å². The van der Waals surface area contributed by atoms with Crippen molar-refractivity contribution < 1.29 is 0 Å². The van der Waals surface area contributed by atoms with Gasteiger partial charge in [0.2, 0.25) is 0 Å². The van der Waals surface area contributed by atoms with Gasteiger partial charge < -0.3 is 5.32 Å². The van der Waals surface area contributed by atoms with Crippen molar-refractivity contribution in [3.05, 3.63) is 40.0 Å². The number of aromatic nitrogens is 2. The molecule has 3 heterocycles. The van der Waals surface area contributed by atoms with Gasteiger partial charge in [0.1, 0.15) is 5.82 Å². The maximum Gasteiger partial charge on any atom is 0.133 e. The molecule has 1 unspecified atom stereocenters. The van der Waals surface area contributed by atoms with Gasteiger partial charge in [0.05, 0.1) is 17.4 Å². The van der Waals surface area contributed by atoms with E-state index in [0.29, 0.717) is 6.04 Å². The van der Waals surface area contributed by atoms with Crippen LogP contribution in [0, 0.1) is 6.92 Å². The molecule has 2 aromatic rings. The fraction of sp³-hybridized carbons (Fsp3) is 0.550. The molecule has 4 rings (SSSR count). The van der Waals surface area contributed by atoms with Gasteiger partial charge in [-0.1, -0.05) is 24.1 Å². The molecule has 0 amide bonds. The van der Waals surface area contributed by atoms with Crippen LogP contribution in [0.5, 0.6) is 0 Å². The Labute approximate surface area is 155 Å². The highest BCUT2D eigenvalue weighted by Gasteiger charge is 2.29. The molecular weight excluding hydrogens is 332 g/mol. The number of nitrogens with one attached hydrogen (secondary N) is 1. The summed E-state index contributed by atoms with van der Waals surface area (Å²) in [7, 11) is 2.24. The van der Waals surface area contributed by atoms with E-state index in [1.807, 2.05) is 13.0 Å². The molecule has 1 aromatic heterocycles. The molecule has 2 aliphatic heterocycles. The highest BCUT2D eigenvalue weighted by Crippen LogP contribution is 2.37. The van der Waals surface area contributed by atoms with Gasteiger partial charge in [0, 0.05) is 17.1 Å². The average Bonchev–Trinajstić information content (AvgIpc) is 2.79. The van der Waals surface area contributed by atoms with Crippen molar-refractivity contribution in [3.63, 3.8) is 0 Å². The summed E-state index contributed by atoms with van der Waals surface area (Å²) in [6, 6.07) is 6.67. The number of benzene rings is 1. The minimum atomic E-state index is 0.435. The summed E-state index contributed by atoms with van der Waals surface area (Å²) in [5, 5.41) is 9.54. The van der Waals surface area contributed by atoms with Gasteiger partial charge in [0.25, 0.3) is 0 Å². The van der Waals surface area contributed by atoms with Crippen LogP contribution < -0.4 is 5.32 Å². The van der Waals surface area contributed by atoms with Crippen molar-refractivity contribution in [3.8, 4) is 5.69 Å². The summed E-state index contributed by atoms with van der Waals surface area (Å²) in [4.78, 5) is 2.48. The number of anilines is 1. The van der Waals surface area contributed by atoms with E-state index in [4.69, 9.17) is 16.7 Å². The van der Waals surface area contributed by atoms with E-state index in [2.05, 4.69) is 34.1 Å². The van der Waals surface area contributed by atoms with Crippen LogP contribution in [0.1, 0.15) is 55.0 Å². The van der Waals surface area contributed by atoms with Gasteiger partial charge in [-0.05, 0) is 70.3 Å². The van der Waals surface area contributed by atoms with Crippen molar-refractivity contribution in [2.45, 2.75) is 51.5 Å². The SMILES string of the molecule is Cc1ccc(-n2nc(C3CCCCN3C)c3c2NCCCC3)cc1Cl. The zero-order valence-electron chi connectivity index (χ0n) is 15.2. The minimum Gasteiger partial charge on any atom is -0.370 e. The smallest absolute Gasteiger partial charge is 0.133 e. The quantitative estimate of drug-likeness (QED) is 0.841. The first-order valence-corrected chi connectivity index (χ1v) is 9.85. The van der Waals surface area contributed by atoms with Gasteiger partial charge in [-0.3, -0.25) is 4.90 Å². The topological polar surface area (TPSA) is 33.1 Å². The molecule has 134 valence electrons. The molecule has 1 fully saturated rings. The number of halogens is 1. The van der Waals surface area contributed by atoms with Crippen molar-refractivity contribution in [1.82, 2.24) is 14.7 Å². The van der Waals surface area contributed by atoms with Crippen LogP contribution >= 0.6 is 11.6 Å². The monoisotopic (exact) mass is 358 g/mol. The molecular formula is C20H27ClN4. The van der Waals surface area contributed by atoms with Crippen LogP contribution in [0.25, 0.3) is 5.69 Å². The number of likely N-dealkylation sites (tertiary alicyclic amines) is 1. The largest absolute Gasteiger partial charge is 0.370 e. The predicted octanol–water partition coefficient (Wildman–Crippen LogP) is 4.74. The van der Waals surface area contributed by atoms with Crippen molar-refractivity contribution >= 4 is 17.4 Å². The number of hydrogen-bond acceptors (Lipinski definition) is 3. The average molecular weight is 359 g/mol. The van der Waals surface area contributed by atoms with Crippen LogP contribution in [-0.2, 0) is 6.42 Å². The Balaban J connectivity index is 1.82. The number of fused-ring (bicyclic) bond motifs is 1. The van der Waals surface area contributed by atoms with E-state index in [1.54, 1.807) is 0 Å². The highest BCUT2D eigenvalue weighted by molar-refractivity contribution is 6.31. The van der Waals surface area contributed by atoms with E-state index in [0.717, 1.165) is 35.8 Å². The maximum absolute atomic E-state index is 6.39. The molecule has 0 radical (unpaired) electrons. The Kier molecular flexibility index (Phi) is 4.74. The molecule has 1 atom stereocenters. The van der Waals surface area contributed by atoms with Gasteiger partial charge in [-0.15, -0.1) is 0 Å². The molecule has 0 spiro atoms. The minimum absolute atomic E-state index is 0.435. The highest BCUT2D eigenvalue weighted by atomic mass is 35.5. The van der Waals surface area contributed by atoms with Crippen LogP contribution in [0.15, 0.2) is 18.2 Å². The van der Waals surface area contributed by atoms with Crippen molar-refractivity contribution in [2.24, 2.45) is 0 Å². The number of hydrogen-bond donors (Lipinski definition) is 1. The molecule has 1 saturated heterocycles. The van der Waals surface area contributed by atoms with Gasteiger partial charge in [-0.25, -0.2) is 4.68 Å². The summed E-state index contributed by atoms with van der Waals surface area (Å²) in [5.41, 5.74) is 4.83. The lowest BCUT2D eigenvalue weighted by atomic mass is 9.96. The van der Waals surface area contributed by atoms with Crippen molar-refractivity contribution in [2.75, 3.05) is 25.5 Å². The number of nitrogens with zero attached hydrogens (tertiary/aromatic N) is 3. The van der Waals surface area contributed by atoms with E-state index in [9.17, 15) is 0 Å². The zero-order chi connectivity index (χ0) is 17.4. The number of rotatable bonds is 2. The van der Waals surface area contributed by atoms with Gasteiger partial charge >= 0.3 is 0 Å². The summed E-state index contributed by atoms with van der Waals surface area (Å²) in [6.45, 7) is 4.21. The Hall–Kier alpha value is -1.52. The third-order valence-corrected chi connectivity index (χ3v) is 6.05. The Morgan fingerprint density at radius 3 is 2.88 bits per heavy atom. The second-order valence-corrected chi connectivity index (χ2v) is 7.84. The second-order valence-electron chi connectivity index (χ2n) is 7.43. The summed E-state index contributed by atoms with van der Waals surface area (Å²) in [6.07, 6.45) is 7.34. The predicted molar refractivity (Wildman–Crippen MR) is 104 cm³/mol. The molecule has 0 aliphatic carbocycles. The first-order valence-electron chi connectivity index (χ1n) is 9.47. The summed E-state index contributed by atoms with van der Waals surface area (Å²) < 4.78 is 2.09. The Morgan fingerprint density at radius 1 is 1.20 bits per heavy atom. The summed E-state index contributed by atoms with van der Waals surface area (Å²) >= 11 is 6.39. The fourth-order valence-electron chi connectivity index (χ4n) is 4.12. The molecule has 1 N–H and O–H groups in total. The van der Waals surface area contributed by atoms with Crippen LogP contribution in [0.4, 0.5) is 5.82 Å². The van der Waals surface area contributed by atoms with Crippen molar-refractivity contribution in [1.29, 1.82) is 0 Å². The second kappa shape index (κ2) is 7.00. The van der Waals surface area contributed by atoms with E-state index < -0.39 is 0 Å². The third kappa shape index (κ3) is 3.18. The van der Waals surface area contributed by atoms with Crippen LogP contribution in [0.2, 0.25) is 5.02 Å². The maximum atomic E-state index is 6.39. The molecule has 5 heteroatoms. The first-order chi connectivity index (χ1) is 12.1. The molecule has 2 aliphatic rings. The van der Waals surface area contributed by atoms with E-state index >= 15 is 0 Å². The molecule has 4 nitrogen and oxygen atoms in total. The lowest BCUT2D eigenvalue weighted by molar-refractivity contribution is 0.182. The lowest BCUT2D eigenvalue weighted by Gasteiger charge is -2.31. The zero-order valence-corrected chi connectivity index (χ0v) is 15.9. The molecule has 1 aromatic carbocycles. The lowest BCUT2D eigenvalue weighted by Crippen LogP contribution is -2.30. The first kappa shape index (κ1) is 16.9. The Bertz CT molecular complexity index is 767. The van der Waals surface area contributed by atoms with Crippen LogP contribution in [0.3, 0.4) is 0 Å². The standard InChI is InChI=1S/C20H27ClN4/c1-14-9-10-15(13-17(14)21)25-20-16(7-3-5-11-22-20)19(23-25)18-8-4-6-12-24(18)2/h9-10,13,18,22H,3-8,11-12H2,1-2H3. The summed E-state index contributed by atoms with van der Waals surface area (Å²) in [5.74, 6) is 1.17. The Morgan fingerprint density at radius 2 is 2.08 bits per heavy atom.